The minimum Gasteiger partial charge on any atom is -0.463 e. The molecule has 0 spiro atoms. The van der Waals surface area contributed by atoms with Gasteiger partial charge in [0, 0.05) is 6.04 Å². The van der Waals surface area contributed by atoms with Gasteiger partial charge in [-0.1, -0.05) is 0 Å². The van der Waals surface area contributed by atoms with Crippen molar-refractivity contribution in [2.75, 3.05) is 14.1 Å². The first-order valence-corrected chi connectivity index (χ1v) is 4.29. The number of hydrogen-bond donors (Lipinski definition) is 0. The molecule has 0 aromatic carbocycles. The molecule has 0 rings (SSSR count). The molecule has 0 bridgehead atoms. The van der Waals surface area contributed by atoms with E-state index in [2.05, 4.69) is 0 Å². The van der Waals surface area contributed by atoms with Gasteiger partial charge < -0.3 is 9.64 Å². The van der Waals surface area contributed by atoms with Gasteiger partial charge in [-0.3, -0.25) is 4.79 Å². The first-order valence-electron chi connectivity index (χ1n) is 4.29. The normalized spacial score (nSPS) is 13.6. The topological polar surface area (TPSA) is 29.5 Å². The van der Waals surface area contributed by atoms with Crippen LogP contribution in [0.1, 0.15) is 27.2 Å². The second-order valence-corrected chi connectivity index (χ2v) is 3.56. The largest absolute Gasteiger partial charge is 0.463 e. The van der Waals surface area contributed by atoms with Crippen LogP contribution in [0.5, 0.6) is 0 Å². The molecule has 0 fully saturated rings. The van der Waals surface area contributed by atoms with Gasteiger partial charge in [-0.2, -0.15) is 0 Å². The highest BCUT2D eigenvalue weighted by Gasteiger charge is 2.12. The van der Waals surface area contributed by atoms with Gasteiger partial charge in [-0.25, -0.2) is 0 Å². The molecular formula is C9H19NO2. The van der Waals surface area contributed by atoms with E-state index in [9.17, 15) is 4.79 Å². The third-order valence-electron chi connectivity index (χ3n) is 1.71. The summed E-state index contributed by atoms with van der Waals surface area (Å²) in [5.41, 5.74) is 0. The Labute approximate surface area is 74.7 Å². The summed E-state index contributed by atoms with van der Waals surface area (Å²) in [6.07, 6.45) is 0.456. The molecular weight excluding hydrogens is 154 g/mol. The van der Waals surface area contributed by atoms with E-state index in [0.29, 0.717) is 6.42 Å². The van der Waals surface area contributed by atoms with Crippen molar-refractivity contribution in [3.8, 4) is 0 Å². The molecule has 0 aliphatic heterocycles. The SMILES string of the molecule is CC(C)OC(=O)CC(C)N(C)C. The number of nitrogens with zero attached hydrogens (tertiary/aromatic N) is 1. The van der Waals surface area contributed by atoms with Crippen molar-refractivity contribution in [1.82, 2.24) is 4.90 Å². The van der Waals surface area contributed by atoms with Gasteiger partial charge in [-0.05, 0) is 34.9 Å². The average molecular weight is 173 g/mol. The lowest BCUT2D eigenvalue weighted by molar-refractivity contribution is -0.148. The highest BCUT2D eigenvalue weighted by atomic mass is 16.5. The summed E-state index contributed by atoms with van der Waals surface area (Å²) in [5.74, 6) is -0.119. The Morgan fingerprint density at radius 2 is 1.83 bits per heavy atom. The van der Waals surface area contributed by atoms with Crippen molar-refractivity contribution in [1.29, 1.82) is 0 Å². The van der Waals surface area contributed by atoms with Gasteiger partial charge >= 0.3 is 5.97 Å². The molecule has 0 saturated carbocycles. The van der Waals surface area contributed by atoms with Crippen LogP contribution in [-0.2, 0) is 9.53 Å². The van der Waals surface area contributed by atoms with Gasteiger partial charge in [0.25, 0.3) is 0 Å². The molecule has 3 nitrogen and oxygen atoms in total. The molecule has 0 aliphatic rings. The highest BCUT2D eigenvalue weighted by molar-refractivity contribution is 5.70. The second kappa shape index (κ2) is 5.14. The van der Waals surface area contributed by atoms with Crippen LogP contribution in [0.15, 0.2) is 0 Å². The zero-order valence-electron chi connectivity index (χ0n) is 8.63. The van der Waals surface area contributed by atoms with E-state index in [1.165, 1.54) is 0 Å². The zero-order chi connectivity index (χ0) is 9.72. The summed E-state index contributed by atoms with van der Waals surface area (Å²) in [5, 5.41) is 0. The summed E-state index contributed by atoms with van der Waals surface area (Å²) in [7, 11) is 3.90. The lowest BCUT2D eigenvalue weighted by Crippen LogP contribution is -2.28. The van der Waals surface area contributed by atoms with Crippen LogP contribution < -0.4 is 0 Å². The third-order valence-corrected chi connectivity index (χ3v) is 1.71. The summed E-state index contributed by atoms with van der Waals surface area (Å²) in [4.78, 5) is 13.1. The molecule has 0 saturated heterocycles. The van der Waals surface area contributed by atoms with E-state index < -0.39 is 0 Å². The minimum atomic E-state index is -0.119. The Hall–Kier alpha value is -0.570. The minimum absolute atomic E-state index is 0.00753. The number of rotatable bonds is 4. The van der Waals surface area contributed by atoms with Crippen LogP contribution in [0.25, 0.3) is 0 Å². The summed E-state index contributed by atoms with van der Waals surface area (Å²) in [6, 6.07) is 0.247. The van der Waals surface area contributed by atoms with Gasteiger partial charge in [0.15, 0.2) is 0 Å². The van der Waals surface area contributed by atoms with E-state index in [4.69, 9.17) is 4.74 Å². The van der Waals surface area contributed by atoms with Gasteiger partial charge in [0.2, 0.25) is 0 Å². The predicted molar refractivity (Wildman–Crippen MR) is 49.0 cm³/mol. The molecule has 1 atom stereocenters. The Balaban J connectivity index is 3.69. The monoisotopic (exact) mass is 173 g/mol. The second-order valence-electron chi connectivity index (χ2n) is 3.56. The molecule has 0 heterocycles. The first-order chi connectivity index (χ1) is 5.43. The summed E-state index contributed by atoms with van der Waals surface area (Å²) < 4.78 is 5.01. The number of hydrogen-bond acceptors (Lipinski definition) is 3. The number of carbonyl (C=O) groups excluding carboxylic acids is 1. The number of esters is 1. The predicted octanol–water partition coefficient (Wildman–Crippen LogP) is 1.28. The first kappa shape index (κ1) is 11.4. The average Bonchev–Trinajstić information content (AvgIpc) is 1.84. The Kier molecular flexibility index (Phi) is 4.90. The Bertz CT molecular complexity index is 143. The fraction of sp³-hybridized carbons (Fsp3) is 0.889. The number of ether oxygens (including phenoxy) is 1. The van der Waals surface area contributed by atoms with E-state index in [0.717, 1.165) is 0 Å². The lowest BCUT2D eigenvalue weighted by atomic mass is 10.2. The summed E-state index contributed by atoms with van der Waals surface area (Å²) in [6.45, 7) is 5.72. The Morgan fingerprint density at radius 1 is 1.33 bits per heavy atom. The van der Waals surface area contributed by atoms with Crippen LogP contribution in [0, 0.1) is 0 Å². The van der Waals surface area contributed by atoms with E-state index in [-0.39, 0.29) is 18.1 Å². The molecule has 72 valence electrons. The van der Waals surface area contributed by atoms with Crippen molar-refractivity contribution in [3.05, 3.63) is 0 Å². The fourth-order valence-electron chi connectivity index (χ4n) is 0.735. The molecule has 12 heavy (non-hydrogen) atoms. The lowest BCUT2D eigenvalue weighted by Gasteiger charge is -2.19. The van der Waals surface area contributed by atoms with Gasteiger partial charge in [0.05, 0.1) is 12.5 Å². The standard InChI is InChI=1S/C9H19NO2/c1-7(2)12-9(11)6-8(3)10(4)5/h7-8H,6H2,1-5H3. The highest BCUT2D eigenvalue weighted by Crippen LogP contribution is 2.01. The van der Waals surface area contributed by atoms with Crippen molar-refractivity contribution in [2.24, 2.45) is 0 Å². The maximum absolute atomic E-state index is 11.1. The van der Waals surface area contributed by atoms with Crippen LogP contribution in [0.4, 0.5) is 0 Å². The summed E-state index contributed by atoms with van der Waals surface area (Å²) >= 11 is 0. The quantitative estimate of drug-likeness (QED) is 0.600. The van der Waals surface area contributed by atoms with Crippen LogP contribution in [0.3, 0.4) is 0 Å². The zero-order valence-corrected chi connectivity index (χ0v) is 8.63. The van der Waals surface area contributed by atoms with Gasteiger partial charge in [0.1, 0.15) is 0 Å². The van der Waals surface area contributed by atoms with Crippen molar-refractivity contribution in [2.45, 2.75) is 39.3 Å². The van der Waals surface area contributed by atoms with Gasteiger partial charge in [-0.15, -0.1) is 0 Å². The van der Waals surface area contributed by atoms with Crippen LogP contribution >= 0.6 is 0 Å². The maximum Gasteiger partial charge on any atom is 0.307 e. The molecule has 0 aromatic heterocycles. The van der Waals surface area contributed by atoms with Crippen molar-refractivity contribution < 1.29 is 9.53 Å². The molecule has 0 aliphatic carbocycles. The van der Waals surface area contributed by atoms with Crippen LogP contribution in [0.2, 0.25) is 0 Å². The third kappa shape index (κ3) is 5.13. The van der Waals surface area contributed by atoms with Crippen LogP contribution in [-0.4, -0.2) is 37.1 Å². The fourth-order valence-corrected chi connectivity index (χ4v) is 0.735. The molecule has 3 heteroatoms. The molecule has 0 N–H and O–H groups in total. The molecule has 0 amide bonds. The molecule has 0 aromatic rings. The smallest absolute Gasteiger partial charge is 0.307 e. The molecule has 0 radical (unpaired) electrons. The molecule has 1 unspecified atom stereocenters. The van der Waals surface area contributed by atoms with Crippen molar-refractivity contribution in [3.63, 3.8) is 0 Å². The van der Waals surface area contributed by atoms with Crippen molar-refractivity contribution >= 4 is 5.97 Å². The van der Waals surface area contributed by atoms with E-state index in [1.54, 1.807) is 0 Å². The maximum atomic E-state index is 11.1. The number of carbonyl (C=O) groups is 1. The van der Waals surface area contributed by atoms with E-state index >= 15 is 0 Å². The van der Waals surface area contributed by atoms with E-state index in [1.807, 2.05) is 39.8 Å². The Morgan fingerprint density at radius 3 is 2.17 bits per heavy atom.